The molecule has 2 heterocycles. The molecule has 21 heavy (non-hydrogen) atoms. The molecule has 2 aromatic heterocycles. The maximum atomic E-state index is 5.96. The van der Waals surface area contributed by atoms with Gasteiger partial charge in [-0.2, -0.15) is 5.10 Å². The van der Waals surface area contributed by atoms with Crippen molar-refractivity contribution in [1.82, 2.24) is 20.2 Å². The molecular formula is C14H19BrClN5. The van der Waals surface area contributed by atoms with Gasteiger partial charge in [0.2, 0.25) is 0 Å². The smallest absolute Gasteiger partial charge is 0.129 e. The molecule has 7 heteroatoms. The van der Waals surface area contributed by atoms with Gasteiger partial charge in [0.25, 0.3) is 0 Å². The van der Waals surface area contributed by atoms with Gasteiger partial charge < -0.3 is 0 Å². The van der Waals surface area contributed by atoms with E-state index in [0.717, 1.165) is 40.8 Å². The molecule has 1 unspecified atom stereocenters. The van der Waals surface area contributed by atoms with Crippen LogP contribution in [0.25, 0.3) is 0 Å². The van der Waals surface area contributed by atoms with Gasteiger partial charge in [-0.1, -0.05) is 18.5 Å². The van der Waals surface area contributed by atoms with Crippen molar-refractivity contribution in [3.8, 4) is 0 Å². The number of nitrogens with one attached hydrogen (secondary N) is 1. The number of hydrogen-bond donors (Lipinski definition) is 2. The Morgan fingerprint density at radius 2 is 2.24 bits per heavy atom. The van der Waals surface area contributed by atoms with Crippen molar-refractivity contribution in [2.24, 2.45) is 5.84 Å². The average molecular weight is 373 g/mol. The van der Waals surface area contributed by atoms with Crippen LogP contribution in [0.5, 0.6) is 0 Å². The van der Waals surface area contributed by atoms with Crippen molar-refractivity contribution in [2.75, 3.05) is 0 Å². The van der Waals surface area contributed by atoms with Crippen LogP contribution in [0, 0.1) is 0 Å². The van der Waals surface area contributed by atoms with Crippen LogP contribution in [0.3, 0.4) is 0 Å². The highest BCUT2D eigenvalue weighted by Crippen LogP contribution is 2.27. The number of nitrogens with two attached hydrogens (primary N) is 1. The third kappa shape index (κ3) is 3.63. The molecule has 0 aromatic carbocycles. The van der Waals surface area contributed by atoms with E-state index in [2.05, 4.69) is 45.3 Å². The highest BCUT2D eigenvalue weighted by atomic mass is 79.9. The molecule has 0 spiro atoms. The topological polar surface area (TPSA) is 68.8 Å². The third-order valence-electron chi connectivity index (χ3n) is 3.45. The summed E-state index contributed by atoms with van der Waals surface area (Å²) in [4.78, 5) is 4.00. The SMILES string of the molecule is CCc1nn(CC)c(CC(NN)c2ccnc(Cl)c2)c1Br. The largest absolute Gasteiger partial charge is 0.271 e. The number of rotatable bonds is 6. The van der Waals surface area contributed by atoms with E-state index in [1.165, 1.54) is 0 Å². The van der Waals surface area contributed by atoms with E-state index in [9.17, 15) is 0 Å². The van der Waals surface area contributed by atoms with Gasteiger partial charge in [0.05, 0.1) is 21.9 Å². The molecule has 114 valence electrons. The summed E-state index contributed by atoms with van der Waals surface area (Å²) >= 11 is 9.62. The monoisotopic (exact) mass is 371 g/mol. The number of hydrogen-bond acceptors (Lipinski definition) is 4. The quantitative estimate of drug-likeness (QED) is 0.464. The summed E-state index contributed by atoms with van der Waals surface area (Å²) in [5, 5.41) is 5.07. The molecule has 0 aliphatic rings. The van der Waals surface area contributed by atoms with Crippen LogP contribution in [-0.2, 0) is 19.4 Å². The lowest BCUT2D eigenvalue weighted by Gasteiger charge is -2.17. The van der Waals surface area contributed by atoms with Crippen molar-refractivity contribution < 1.29 is 0 Å². The molecule has 0 aliphatic heterocycles. The van der Waals surface area contributed by atoms with E-state index in [0.29, 0.717) is 5.15 Å². The van der Waals surface area contributed by atoms with Gasteiger partial charge in [-0.15, -0.1) is 0 Å². The maximum absolute atomic E-state index is 5.96. The molecule has 0 radical (unpaired) electrons. The Hall–Kier alpha value is -0.950. The van der Waals surface area contributed by atoms with Crippen molar-refractivity contribution in [1.29, 1.82) is 0 Å². The first kappa shape index (κ1) is 16.4. The van der Waals surface area contributed by atoms with Crippen molar-refractivity contribution in [3.05, 3.63) is 44.9 Å². The van der Waals surface area contributed by atoms with Crippen molar-refractivity contribution in [2.45, 2.75) is 39.3 Å². The molecule has 5 nitrogen and oxygen atoms in total. The zero-order chi connectivity index (χ0) is 15.4. The summed E-state index contributed by atoms with van der Waals surface area (Å²) < 4.78 is 3.07. The summed E-state index contributed by atoms with van der Waals surface area (Å²) in [7, 11) is 0. The van der Waals surface area contributed by atoms with Crippen LogP contribution < -0.4 is 11.3 Å². The van der Waals surface area contributed by atoms with Crippen LogP contribution in [0.15, 0.2) is 22.8 Å². The first-order valence-electron chi connectivity index (χ1n) is 6.92. The van der Waals surface area contributed by atoms with Gasteiger partial charge in [-0.3, -0.25) is 16.0 Å². The zero-order valence-corrected chi connectivity index (χ0v) is 14.4. The van der Waals surface area contributed by atoms with Gasteiger partial charge in [0.15, 0.2) is 0 Å². The maximum Gasteiger partial charge on any atom is 0.129 e. The minimum absolute atomic E-state index is 0.0477. The molecule has 2 rings (SSSR count). The summed E-state index contributed by atoms with van der Waals surface area (Å²) in [6.45, 7) is 5.00. The summed E-state index contributed by atoms with van der Waals surface area (Å²) in [6.07, 6.45) is 3.30. The van der Waals surface area contributed by atoms with E-state index in [1.807, 2.05) is 16.8 Å². The van der Waals surface area contributed by atoms with Gasteiger partial charge in [0, 0.05) is 19.2 Å². The third-order valence-corrected chi connectivity index (χ3v) is 4.57. The van der Waals surface area contributed by atoms with Crippen LogP contribution in [0.1, 0.15) is 36.8 Å². The zero-order valence-electron chi connectivity index (χ0n) is 12.1. The Kier molecular flexibility index (Phi) is 5.75. The van der Waals surface area contributed by atoms with Gasteiger partial charge in [0.1, 0.15) is 5.15 Å². The fourth-order valence-electron chi connectivity index (χ4n) is 2.31. The molecule has 0 saturated heterocycles. The second kappa shape index (κ2) is 7.35. The standard InChI is InChI=1S/C14H19BrClN5/c1-3-10-14(15)12(21(4-2)20-10)8-11(19-17)9-5-6-18-13(16)7-9/h5-7,11,19H,3-4,8,17H2,1-2H3. The van der Waals surface area contributed by atoms with Crippen LogP contribution in [0.4, 0.5) is 0 Å². The van der Waals surface area contributed by atoms with Crippen LogP contribution in [0.2, 0.25) is 5.15 Å². The fourth-order valence-corrected chi connectivity index (χ4v) is 3.22. The lowest BCUT2D eigenvalue weighted by molar-refractivity contribution is 0.515. The van der Waals surface area contributed by atoms with Crippen molar-refractivity contribution in [3.63, 3.8) is 0 Å². The minimum atomic E-state index is -0.0477. The molecule has 0 amide bonds. The normalized spacial score (nSPS) is 12.6. The highest BCUT2D eigenvalue weighted by Gasteiger charge is 2.19. The number of aryl methyl sites for hydroxylation is 2. The Morgan fingerprint density at radius 3 is 2.81 bits per heavy atom. The predicted molar refractivity (Wildman–Crippen MR) is 88.0 cm³/mol. The lowest BCUT2D eigenvalue weighted by Crippen LogP contribution is -2.30. The molecule has 2 aromatic rings. The van der Waals surface area contributed by atoms with E-state index in [1.54, 1.807) is 6.20 Å². The Morgan fingerprint density at radius 1 is 1.48 bits per heavy atom. The number of pyridine rings is 1. The van der Waals surface area contributed by atoms with E-state index >= 15 is 0 Å². The van der Waals surface area contributed by atoms with Gasteiger partial charge >= 0.3 is 0 Å². The Labute approximate surface area is 138 Å². The minimum Gasteiger partial charge on any atom is -0.271 e. The number of nitrogens with zero attached hydrogens (tertiary/aromatic N) is 3. The summed E-state index contributed by atoms with van der Waals surface area (Å²) in [6, 6.07) is 3.69. The number of aromatic nitrogens is 3. The Balaban J connectivity index is 2.32. The first-order valence-corrected chi connectivity index (χ1v) is 8.09. The van der Waals surface area contributed by atoms with E-state index < -0.39 is 0 Å². The second-order valence-electron chi connectivity index (χ2n) is 4.71. The van der Waals surface area contributed by atoms with E-state index in [4.69, 9.17) is 17.4 Å². The fraction of sp³-hybridized carbons (Fsp3) is 0.429. The van der Waals surface area contributed by atoms with Crippen LogP contribution >= 0.6 is 27.5 Å². The number of hydrazine groups is 1. The average Bonchev–Trinajstić information content (AvgIpc) is 2.80. The molecule has 0 aliphatic carbocycles. The number of halogens is 2. The molecule has 1 atom stereocenters. The molecule has 0 saturated carbocycles. The van der Waals surface area contributed by atoms with Crippen LogP contribution in [-0.4, -0.2) is 14.8 Å². The highest BCUT2D eigenvalue weighted by molar-refractivity contribution is 9.10. The molecule has 3 N–H and O–H groups in total. The summed E-state index contributed by atoms with van der Waals surface area (Å²) in [5.41, 5.74) is 6.05. The molecular weight excluding hydrogens is 354 g/mol. The second-order valence-corrected chi connectivity index (χ2v) is 5.89. The van der Waals surface area contributed by atoms with Gasteiger partial charge in [-0.25, -0.2) is 4.98 Å². The molecule has 0 bridgehead atoms. The molecule has 0 fully saturated rings. The first-order chi connectivity index (χ1) is 10.1. The predicted octanol–water partition coefficient (Wildman–Crippen LogP) is 3.02. The summed E-state index contributed by atoms with van der Waals surface area (Å²) in [5.74, 6) is 5.73. The van der Waals surface area contributed by atoms with Crippen molar-refractivity contribution >= 4 is 27.5 Å². The van der Waals surface area contributed by atoms with Gasteiger partial charge in [-0.05, 0) is 47.0 Å². The Bertz CT molecular complexity index is 613. The van der Waals surface area contributed by atoms with E-state index in [-0.39, 0.29) is 6.04 Å². The lowest BCUT2D eigenvalue weighted by atomic mass is 10.0.